The van der Waals surface area contributed by atoms with Crippen LogP contribution in [0.4, 0.5) is 0 Å². The van der Waals surface area contributed by atoms with Crippen LogP contribution in [0.5, 0.6) is 0 Å². The van der Waals surface area contributed by atoms with Gasteiger partial charge in [-0.15, -0.1) is 0 Å². The van der Waals surface area contributed by atoms with E-state index in [9.17, 15) is 0 Å². The van der Waals surface area contributed by atoms with Crippen LogP contribution in [0.25, 0.3) is 0 Å². The Balaban J connectivity index is 2.27. The Kier molecular flexibility index (Phi) is 3.97. The molecule has 0 aliphatic heterocycles. The molecule has 0 spiro atoms. The summed E-state index contributed by atoms with van der Waals surface area (Å²) in [5.74, 6) is 1.08. The smallest absolute Gasteiger partial charge is 0.113 e. The Morgan fingerprint density at radius 3 is 2.88 bits per heavy atom. The monoisotopic (exact) mass is 293 g/mol. The minimum atomic E-state index is 0.541. The van der Waals surface area contributed by atoms with Crippen molar-refractivity contribution < 1.29 is 0 Å². The van der Waals surface area contributed by atoms with Crippen molar-refractivity contribution in [1.82, 2.24) is 9.55 Å². The molecule has 0 aliphatic carbocycles. The minimum Gasteiger partial charge on any atom is -0.331 e. The van der Waals surface area contributed by atoms with Crippen molar-refractivity contribution in [3.8, 4) is 0 Å². The van der Waals surface area contributed by atoms with Crippen LogP contribution in [0.2, 0.25) is 0 Å². The molecule has 1 aromatic heterocycles. The zero-order chi connectivity index (χ0) is 12.3. The van der Waals surface area contributed by atoms with E-state index in [0.717, 1.165) is 29.0 Å². The fourth-order valence-corrected chi connectivity index (χ4v) is 2.42. The molecule has 0 aliphatic rings. The highest BCUT2D eigenvalue weighted by Crippen LogP contribution is 2.15. The number of benzene rings is 1. The van der Waals surface area contributed by atoms with Crippen molar-refractivity contribution in [2.75, 3.05) is 0 Å². The molecule has 0 saturated heterocycles. The molecule has 0 bridgehead atoms. The summed E-state index contributed by atoms with van der Waals surface area (Å²) in [7, 11) is 0. The van der Waals surface area contributed by atoms with E-state index >= 15 is 0 Å². The number of aromatic nitrogens is 2. The average molecular weight is 294 g/mol. The second kappa shape index (κ2) is 5.47. The molecule has 0 amide bonds. The lowest BCUT2D eigenvalue weighted by Gasteiger charge is -2.08. The normalized spacial score (nSPS) is 10.8. The van der Waals surface area contributed by atoms with Gasteiger partial charge in [0.2, 0.25) is 0 Å². The third-order valence-corrected chi connectivity index (χ3v) is 3.29. The van der Waals surface area contributed by atoms with Crippen molar-refractivity contribution in [3.63, 3.8) is 0 Å². The summed E-state index contributed by atoms with van der Waals surface area (Å²) >= 11 is 3.48. The molecule has 1 heterocycles. The van der Waals surface area contributed by atoms with Gasteiger partial charge in [0.15, 0.2) is 0 Å². The fourth-order valence-electron chi connectivity index (χ4n) is 1.97. The van der Waals surface area contributed by atoms with Crippen LogP contribution in [0.1, 0.15) is 24.0 Å². The molecule has 0 radical (unpaired) electrons. The van der Waals surface area contributed by atoms with Crippen LogP contribution < -0.4 is 5.73 Å². The summed E-state index contributed by atoms with van der Waals surface area (Å²) < 4.78 is 3.28. The van der Waals surface area contributed by atoms with E-state index in [1.54, 1.807) is 0 Å². The molecule has 4 heteroatoms. The molecular formula is C13H16BrN3. The number of halogens is 1. The number of hydrogen-bond donors (Lipinski definition) is 1. The van der Waals surface area contributed by atoms with Gasteiger partial charge in [-0.2, -0.15) is 0 Å². The molecule has 2 aromatic rings. The highest BCUT2D eigenvalue weighted by molar-refractivity contribution is 9.10. The van der Waals surface area contributed by atoms with Crippen molar-refractivity contribution >= 4 is 15.9 Å². The number of imidazole rings is 1. The van der Waals surface area contributed by atoms with Crippen LogP contribution >= 0.6 is 15.9 Å². The van der Waals surface area contributed by atoms with E-state index in [1.165, 1.54) is 5.56 Å². The zero-order valence-electron chi connectivity index (χ0n) is 9.86. The predicted molar refractivity (Wildman–Crippen MR) is 72.7 cm³/mol. The van der Waals surface area contributed by atoms with Gasteiger partial charge in [0.25, 0.3) is 0 Å². The molecule has 3 nitrogen and oxygen atoms in total. The second-order valence-corrected chi connectivity index (χ2v) is 4.84. The SMILES string of the molecule is CCn1c(CN)cnc1Cc1cccc(Br)c1. The summed E-state index contributed by atoms with van der Waals surface area (Å²) in [5, 5.41) is 0. The van der Waals surface area contributed by atoms with Crippen LogP contribution in [-0.4, -0.2) is 9.55 Å². The third kappa shape index (κ3) is 2.76. The van der Waals surface area contributed by atoms with E-state index in [0.29, 0.717) is 6.54 Å². The van der Waals surface area contributed by atoms with Gasteiger partial charge >= 0.3 is 0 Å². The number of hydrogen-bond acceptors (Lipinski definition) is 2. The Labute approximate surface area is 110 Å². The average Bonchev–Trinajstić information content (AvgIpc) is 2.71. The second-order valence-electron chi connectivity index (χ2n) is 3.92. The van der Waals surface area contributed by atoms with Gasteiger partial charge in [0, 0.05) is 30.2 Å². The molecule has 90 valence electrons. The first-order chi connectivity index (χ1) is 8.24. The first-order valence-electron chi connectivity index (χ1n) is 5.72. The molecule has 1 aromatic carbocycles. The molecule has 2 rings (SSSR count). The molecule has 0 saturated carbocycles. The summed E-state index contributed by atoms with van der Waals surface area (Å²) in [4.78, 5) is 4.45. The Hall–Kier alpha value is -1.13. The van der Waals surface area contributed by atoms with Crippen LogP contribution in [0.3, 0.4) is 0 Å². The topological polar surface area (TPSA) is 43.8 Å². The van der Waals surface area contributed by atoms with Crippen molar-refractivity contribution in [2.45, 2.75) is 26.4 Å². The fraction of sp³-hybridized carbons (Fsp3) is 0.308. The Morgan fingerprint density at radius 2 is 2.24 bits per heavy atom. The Bertz CT molecular complexity index is 505. The van der Waals surface area contributed by atoms with Gasteiger partial charge in [-0.05, 0) is 24.6 Å². The first kappa shape index (κ1) is 12.3. The molecular weight excluding hydrogens is 278 g/mol. The third-order valence-electron chi connectivity index (χ3n) is 2.80. The largest absolute Gasteiger partial charge is 0.331 e. The van der Waals surface area contributed by atoms with Gasteiger partial charge in [-0.1, -0.05) is 28.1 Å². The number of nitrogens with two attached hydrogens (primary N) is 1. The summed E-state index contributed by atoms with van der Waals surface area (Å²) in [6, 6.07) is 8.31. The van der Waals surface area contributed by atoms with E-state index < -0.39 is 0 Å². The van der Waals surface area contributed by atoms with Crippen molar-refractivity contribution in [3.05, 3.63) is 52.0 Å². The van der Waals surface area contributed by atoms with Gasteiger partial charge < -0.3 is 10.3 Å². The molecule has 17 heavy (non-hydrogen) atoms. The first-order valence-corrected chi connectivity index (χ1v) is 6.51. The summed E-state index contributed by atoms with van der Waals surface area (Å²) in [6.07, 6.45) is 2.71. The maximum absolute atomic E-state index is 5.69. The predicted octanol–water partition coefficient (Wildman–Crippen LogP) is 2.72. The van der Waals surface area contributed by atoms with Gasteiger partial charge in [0.05, 0.1) is 5.69 Å². The lowest BCUT2D eigenvalue weighted by Crippen LogP contribution is -2.09. The molecule has 2 N–H and O–H groups in total. The molecule has 0 unspecified atom stereocenters. The number of nitrogens with zero attached hydrogens (tertiary/aromatic N) is 2. The number of rotatable bonds is 4. The van der Waals surface area contributed by atoms with E-state index in [2.05, 4.69) is 44.5 Å². The van der Waals surface area contributed by atoms with Gasteiger partial charge in [-0.3, -0.25) is 0 Å². The summed E-state index contributed by atoms with van der Waals surface area (Å²) in [6.45, 7) is 3.57. The maximum atomic E-state index is 5.69. The van der Waals surface area contributed by atoms with Gasteiger partial charge in [0.1, 0.15) is 5.82 Å². The quantitative estimate of drug-likeness (QED) is 0.942. The van der Waals surface area contributed by atoms with Crippen molar-refractivity contribution in [1.29, 1.82) is 0 Å². The highest BCUT2D eigenvalue weighted by Gasteiger charge is 2.08. The zero-order valence-corrected chi connectivity index (χ0v) is 11.4. The maximum Gasteiger partial charge on any atom is 0.113 e. The highest BCUT2D eigenvalue weighted by atomic mass is 79.9. The molecule has 0 atom stereocenters. The standard InChI is InChI=1S/C13H16BrN3/c1-2-17-12(8-15)9-16-13(17)7-10-4-3-5-11(14)6-10/h3-6,9H,2,7-8,15H2,1H3. The Morgan fingerprint density at radius 1 is 1.41 bits per heavy atom. The lowest BCUT2D eigenvalue weighted by molar-refractivity contribution is 0.674. The van der Waals surface area contributed by atoms with Crippen molar-refractivity contribution in [2.24, 2.45) is 5.73 Å². The van der Waals surface area contributed by atoms with Gasteiger partial charge in [-0.25, -0.2) is 4.98 Å². The minimum absolute atomic E-state index is 0.541. The van der Waals surface area contributed by atoms with E-state index in [1.807, 2.05) is 18.3 Å². The molecule has 0 fully saturated rings. The van der Waals surface area contributed by atoms with Crippen LogP contribution in [-0.2, 0) is 19.5 Å². The lowest BCUT2D eigenvalue weighted by atomic mass is 10.1. The van der Waals surface area contributed by atoms with Crippen LogP contribution in [0, 0.1) is 0 Å². The summed E-state index contributed by atoms with van der Waals surface area (Å²) in [5.41, 5.74) is 8.04. The van der Waals surface area contributed by atoms with E-state index in [-0.39, 0.29) is 0 Å². The van der Waals surface area contributed by atoms with Crippen LogP contribution in [0.15, 0.2) is 34.9 Å². The van der Waals surface area contributed by atoms with E-state index in [4.69, 9.17) is 5.73 Å².